The van der Waals surface area contributed by atoms with Gasteiger partial charge >= 0.3 is 0 Å². The number of benzene rings is 2. The van der Waals surface area contributed by atoms with Crippen LogP contribution < -0.4 is 4.74 Å². The van der Waals surface area contributed by atoms with Crippen LogP contribution in [0.25, 0.3) is 0 Å². The Kier molecular flexibility index (Phi) is 7.15. The maximum Gasteiger partial charge on any atom is 0.244 e. The lowest BCUT2D eigenvalue weighted by atomic mass is 9.98. The van der Waals surface area contributed by atoms with Crippen molar-refractivity contribution >= 4 is 10.0 Å². The summed E-state index contributed by atoms with van der Waals surface area (Å²) in [7, 11) is -1.91. The van der Waals surface area contributed by atoms with Crippen LogP contribution in [0.3, 0.4) is 0 Å². The standard InChI is InChI=1S/C26H37N3O3S/c1-19(2)27-17-23(16-22-9-11-24(32-5)12-10-22)28-13-6-14-29(26(28)18-27)33(30,31)25-15-20(3)7-8-21(25)4/h7-12,15,19,23,26H,6,13-14,16-18H2,1-5H3. The quantitative estimate of drug-likeness (QED) is 0.644. The van der Waals surface area contributed by atoms with Crippen LogP contribution >= 0.6 is 0 Å². The lowest BCUT2D eigenvalue weighted by molar-refractivity contribution is -0.0563. The number of aryl methyl sites for hydroxylation is 2. The van der Waals surface area contributed by atoms with E-state index in [9.17, 15) is 8.42 Å². The molecule has 2 atom stereocenters. The summed E-state index contributed by atoms with van der Waals surface area (Å²) >= 11 is 0. The normalized spacial score (nSPS) is 23.0. The van der Waals surface area contributed by atoms with Gasteiger partial charge in [0.2, 0.25) is 10.0 Å². The summed E-state index contributed by atoms with van der Waals surface area (Å²) in [6.45, 7) is 11.4. The Hall–Kier alpha value is -1.93. The number of methoxy groups -OCH3 is 1. The molecule has 2 heterocycles. The molecule has 6 nitrogen and oxygen atoms in total. The van der Waals surface area contributed by atoms with E-state index in [0.717, 1.165) is 49.4 Å². The largest absolute Gasteiger partial charge is 0.497 e. The van der Waals surface area contributed by atoms with Crippen molar-refractivity contribution < 1.29 is 13.2 Å². The molecule has 0 N–H and O–H groups in total. The number of nitrogens with zero attached hydrogens (tertiary/aromatic N) is 3. The van der Waals surface area contributed by atoms with Gasteiger partial charge in [-0.1, -0.05) is 24.3 Å². The molecule has 2 saturated heterocycles. The minimum Gasteiger partial charge on any atom is -0.497 e. The summed E-state index contributed by atoms with van der Waals surface area (Å²) in [4.78, 5) is 5.32. The predicted octanol–water partition coefficient (Wildman–Crippen LogP) is 3.67. The second-order valence-corrected chi connectivity index (χ2v) is 11.6. The van der Waals surface area contributed by atoms with Crippen molar-refractivity contribution in [3.05, 3.63) is 59.2 Å². The molecule has 33 heavy (non-hydrogen) atoms. The van der Waals surface area contributed by atoms with E-state index in [1.807, 2.05) is 44.2 Å². The van der Waals surface area contributed by atoms with Gasteiger partial charge in [-0.3, -0.25) is 9.80 Å². The Morgan fingerprint density at radius 2 is 1.76 bits per heavy atom. The Labute approximate surface area is 199 Å². The number of fused-ring (bicyclic) bond motifs is 1. The van der Waals surface area contributed by atoms with E-state index in [2.05, 4.69) is 35.8 Å². The molecule has 2 aromatic rings. The first-order valence-corrected chi connectivity index (χ1v) is 13.4. The van der Waals surface area contributed by atoms with Crippen LogP contribution in [-0.4, -0.2) is 74.1 Å². The highest BCUT2D eigenvalue weighted by Gasteiger charge is 2.45. The highest BCUT2D eigenvalue weighted by molar-refractivity contribution is 7.89. The first kappa shape index (κ1) is 24.2. The second-order valence-electron chi connectivity index (χ2n) is 9.71. The van der Waals surface area contributed by atoms with Gasteiger partial charge in [0.15, 0.2) is 0 Å². The molecule has 0 aliphatic carbocycles. The molecule has 2 aliphatic heterocycles. The highest BCUT2D eigenvalue weighted by atomic mass is 32.2. The van der Waals surface area contributed by atoms with Crippen LogP contribution in [0.4, 0.5) is 0 Å². The van der Waals surface area contributed by atoms with Gasteiger partial charge in [-0.25, -0.2) is 8.42 Å². The fourth-order valence-electron chi connectivity index (χ4n) is 5.18. The first-order chi connectivity index (χ1) is 15.7. The molecule has 0 spiro atoms. The smallest absolute Gasteiger partial charge is 0.244 e. The minimum absolute atomic E-state index is 0.150. The Morgan fingerprint density at radius 1 is 1.03 bits per heavy atom. The maximum absolute atomic E-state index is 13.9. The summed E-state index contributed by atoms with van der Waals surface area (Å²) in [5.74, 6) is 0.854. The van der Waals surface area contributed by atoms with E-state index in [-0.39, 0.29) is 12.2 Å². The number of sulfonamides is 1. The molecule has 0 saturated carbocycles. The minimum atomic E-state index is -3.59. The molecule has 2 aliphatic rings. The molecule has 4 rings (SSSR count). The van der Waals surface area contributed by atoms with Crippen LogP contribution in [0.1, 0.15) is 37.0 Å². The van der Waals surface area contributed by atoms with Gasteiger partial charge in [-0.05, 0) is 75.4 Å². The maximum atomic E-state index is 13.9. The van der Waals surface area contributed by atoms with Crippen LogP contribution in [-0.2, 0) is 16.4 Å². The monoisotopic (exact) mass is 471 g/mol. The van der Waals surface area contributed by atoms with Crippen molar-refractivity contribution in [2.75, 3.05) is 33.3 Å². The van der Waals surface area contributed by atoms with E-state index >= 15 is 0 Å². The molecule has 2 aromatic carbocycles. The van der Waals surface area contributed by atoms with Crippen molar-refractivity contribution in [1.82, 2.24) is 14.1 Å². The number of piperazine rings is 1. The molecule has 180 valence electrons. The molecule has 0 aromatic heterocycles. The van der Waals surface area contributed by atoms with E-state index < -0.39 is 10.0 Å². The fourth-order valence-corrected chi connectivity index (χ4v) is 7.12. The summed E-state index contributed by atoms with van der Waals surface area (Å²) in [5, 5.41) is 0. The van der Waals surface area contributed by atoms with Gasteiger partial charge in [0.05, 0.1) is 18.2 Å². The van der Waals surface area contributed by atoms with E-state index in [1.165, 1.54) is 5.56 Å². The Bertz CT molecular complexity index is 1070. The lowest BCUT2D eigenvalue weighted by Gasteiger charge is -2.53. The molecule has 0 bridgehead atoms. The average Bonchev–Trinajstić information content (AvgIpc) is 2.80. The van der Waals surface area contributed by atoms with Crippen molar-refractivity contribution in [3.8, 4) is 5.75 Å². The number of hydrogen-bond donors (Lipinski definition) is 0. The Morgan fingerprint density at radius 3 is 2.42 bits per heavy atom. The third-order valence-electron chi connectivity index (χ3n) is 7.11. The van der Waals surface area contributed by atoms with E-state index in [1.54, 1.807) is 11.4 Å². The number of ether oxygens (including phenoxy) is 1. The molecule has 2 fully saturated rings. The van der Waals surface area contributed by atoms with Crippen molar-refractivity contribution in [2.45, 2.75) is 63.7 Å². The van der Waals surface area contributed by atoms with Gasteiger partial charge < -0.3 is 4.74 Å². The summed E-state index contributed by atoms with van der Waals surface area (Å²) < 4.78 is 34.9. The molecule has 2 unspecified atom stereocenters. The van der Waals surface area contributed by atoms with Gasteiger partial charge in [0, 0.05) is 38.3 Å². The third kappa shape index (κ3) is 4.97. The van der Waals surface area contributed by atoms with Gasteiger partial charge in [-0.2, -0.15) is 4.31 Å². The molecule has 0 amide bonds. The molecule has 0 radical (unpaired) electrons. The Balaban J connectivity index is 1.66. The van der Waals surface area contributed by atoms with Crippen LogP contribution in [0, 0.1) is 13.8 Å². The zero-order valence-corrected chi connectivity index (χ0v) is 21.3. The molecular formula is C26H37N3O3S. The zero-order valence-electron chi connectivity index (χ0n) is 20.5. The van der Waals surface area contributed by atoms with Crippen molar-refractivity contribution in [2.24, 2.45) is 0 Å². The average molecular weight is 472 g/mol. The van der Waals surface area contributed by atoms with Gasteiger partial charge in [0.1, 0.15) is 5.75 Å². The second kappa shape index (κ2) is 9.74. The van der Waals surface area contributed by atoms with Crippen LogP contribution in [0.2, 0.25) is 0 Å². The lowest BCUT2D eigenvalue weighted by Crippen LogP contribution is -2.68. The van der Waals surface area contributed by atoms with Crippen LogP contribution in [0.15, 0.2) is 47.4 Å². The first-order valence-electron chi connectivity index (χ1n) is 11.9. The summed E-state index contributed by atoms with van der Waals surface area (Å²) in [5.41, 5.74) is 3.03. The summed E-state index contributed by atoms with van der Waals surface area (Å²) in [6.07, 6.45) is 1.59. The SMILES string of the molecule is COc1ccc(CC2CN(C(C)C)CC3N2CCCN3S(=O)(=O)c2cc(C)ccc2C)cc1. The van der Waals surface area contributed by atoms with Gasteiger partial charge in [0.25, 0.3) is 0 Å². The van der Waals surface area contributed by atoms with E-state index in [0.29, 0.717) is 17.5 Å². The van der Waals surface area contributed by atoms with Crippen molar-refractivity contribution in [3.63, 3.8) is 0 Å². The fraction of sp³-hybridized carbons (Fsp3) is 0.538. The van der Waals surface area contributed by atoms with Crippen molar-refractivity contribution in [1.29, 1.82) is 0 Å². The predicted molar refractivity (Wildman–Crippen MR) is 132 cm³/mol. The number of rotatable bonds is 6. The zero-order chi connectivity index (χ0) is 23.8. The third-order valence-corrected chi connectivity index (χ3v) is 9.15. The van der Waals surface area contributed by atoms with E-state index in [4.69, 9.17) is 4.74 Å². The number of hydrogen-bond acceptors (Lipinski definition) is 5. The topological polar surface area (TPSA) is 53.1 Å². The van der Waals surface area contributed by atoms with Gasteiger partial charge in [-0.15, -0.1) is 0 Å². The summed E-state index contributed by atoms with van der Waals surface area (Å²) in [6, 6.07) is 14.6. The molecule has 7 heteroatoms. The van der Waals surface area contributed by atoms with Crippen LogP contribution in [0.5, 0.6) is 5.75 Å². The molecular weight excluding hydrogens is 434 g/mol. The highest BCUT2D eigenvalue weighted by Crippen LogP contribution is 2.32.